The molecule has 1 amide bonds. The second kappa shape index (κ2) is 8.57. The molecule has 2 aromatic carbocycles. The summed E-state index contributed by atoms with van der Waals surface area (Å²) >= 11 is 0. The third-order valence-electron chi connectivity index (χ3n) is 3.93. The average Bonchev–Trinajstić information content (AvgIpc) is 2.61. The second-order valence-corrected chi connectivity index (χ2v) is 6.02. The predicted molar refractivity (Wildman–Crippen MR) is 99.8 cm³/mol. The number of guanidine groups is 1. The molecule has 0 radical (unpaired) electrons. The zero-order valence-electron chi connectivity index (χ0n) is 15.0. The van der Waals surface area contributed by atoms with Gasteiger partial charge in [-0.2, -0.15) is 13.2 Å². The Morgan fingerprint density at radius 2 is 1.74 bits per heavy atom. The number of amides is 1. The van der Waals surface area contributed by atoms with E-state index >= 15 is 0 Å². The van der Waals surface area contributed by atoms with Crippen molar-refractivity contribution in [1.29, 1.82) is 0 Å². The van der Waals surface area contributed by atoms with Crippen molar-refractivity contribution < 1.29 is 18.0 Å². The van der Waals surface area contributed by atoms with Crippen molar-refractivity contribution >= 4 is 17.6 Å². The number of aryl methyl sites for hydroxylation is 2. The molecule has 0 bridgehead atoms. The van der Waals surface area contributed by atoms with Gasteiger partial charge in [-0.15, -0.1) is 0 Å². The number of halogens is 3. The lowest BCUT2D eigenvalue weighted by atomic mass is 10.1. The van der Waals surface area contributed by atoms with E-state index in [-0.39, 0.29) is 24.6 Å². The molecule has 0 aliphatic carbocycles. The highest BCUT2D eigenvalue weighted by Gasteiger charge is 2.30. The molecular weight excluding hydrogens is 357 g/mol. The van der Waals surface area contributed by atoms with Gasteiger partial charge in [-0.25, -0.2) is 0 Å². The fourth-order valence-corrected chi connectivity index (χ4v) is 2.27. The number of carbonyl (C=O) groups excluding carboxylic acids is 1. The van der Waals surface area contributed by atoms with Gasteiger partial charge in [-0.1, -0.05) is 6.07 Å². The molecule has 4 N–H and O–H groups in total. The molecule has 0 unspecified atom stereocenters. The zero-order valence-corrected chi connectivity index (χ0v) is 15.0. The van der Waals surface area contributed by atoms with Crippen LogP contribution in [0.5, 0.6) is 0 Å². The Morgan fingerprint density at radius 1 is 1.07 bits per heavy atom. The molecule has 2 aromatic rings. The van der Waals surface area contributed by atoms with Crippen molar-refractivity contribution in [2.45, 2.75) is 20.0 Å². The first-order valence-corrected chi connectivity index (χ1v) is 8.26. The van der Waals surface area contributed by atoms with E-state index in [0.717, 1.165) is 35.5 Å². The summed E-state index contributed by atoms with van der Waals surface area (Å²) in [6.07, 6.45) is -4.43. The number of nitrogens with two attached hydrogens (primary N) is 1. The van der Waals surface area contributed by atoms with Crippen LogP contribution >= 0.6 is 0 Å². The van der Waals surface area contributed by atoms with Gasteiger partial charge in [0.1, 0.15) is 0 Å². The van der Waals surface area contributed by atoms with E-state index in [2.05, 4.69) is 15.6 Å². The molecule has 0 aliphatic rings. The molecule has 0 heterocycles. The maximum absolute atomic E-state index is 12.5. The summed E-state index contributed by atoms with van der Waals surface area (Å²) in [5.74, 6) is -0.262. The van der Waals surface area contributed by atoms with Crippen LogP contribution in [-0.4, -0.2) is 25.0 Å². The summed E-state index contributed by atoms with van der Waals surface area (Å²) in [7, 11) is 0. The monoisotopic (exact) mass is 378 g/mol. The Kier molecular flexibility index (Phi) is 6.44. The van der Waals surface area contributed by atoms with E-state index in [1.165, 1.54) is 5.56 Å². The minimum absolute atomic E-state index is 0.146. The van der Waals surface area contributed by atoms with E-state index < -0.39 is 17.6 Å². The summed E-state index contributed by atoms with van der Waals surface area (Å²) in [6, 6.07) is 9.82. The Morgan fingerprint density at radius 3 is 2.33 bits per heavy atom. The van der Waals surface area contributed by atoms with Crippen molar-refractivity contribution in [3.8, 4) is 0 Å². The van der Waals surface area contributed by atoms with Crippen LogP contribution in [-0.2, 0) is 6.18 Å². The topological polar surface area (TPSA) is 79.5 Å². The second-order valence-electron chi connectivity index (χ2n) is 6.02. The van der Waals surface area contributed by atoms with Gasteiger partial charge in [0, 0.05) is 17.8 Å². The molecule has 0 aromatic heterocycles. The Bertz CT molecular complexity index is 830. The number of anilines is 1. The lowest BCUT2D eigenvalue weighted by Crippen LogP contribution is -2.28. The van der Waals surface area contributed by atoms with E-state index in [4.69, 9.17) is 5.73 Å². The first-order chi connectivity index (χ1) is 12.7. The van der Waals surface area contributed by atoms with Gasteiger partial charge in [0.25, 0.3) is 5.91 Å². The molecule has 0 saturated carbocycles. The van der Waals surface area contributed by atoms with Gasteiger partial charge >= 0.3 is 6.18 Å². The molecule has 8 heteroatoms. The highest BCUT2D eigenvalue weighted by atomic mass is 19.4. The minimum atomic E-state index is -4.43. The van der Waals surface area contributed by atoms with E-state index in [0.29, 0.717) is 0 Å². The number of hydrogen-bond donors (Lipinski definition) is 3. The van der Waals surface area contributed by atoms with Crippen LogP contribution < -0.4 is 16.4 Å². The van der Waals surface area contributed by atoms with E-state index in [1.54, 1.807) is 0 Å². The summed E-state index contributed by atoms with van der Waals surface area (Å²) in [4.78, 5) is 16.0. The fourth-order valence-electron chi connectivity index (χ4n) is 2.27. The number of nitrogens with one attached hydrogen (secondary N) is 2. The number of alkyl halides is 3. The van der Waals surface area contributed by atoms with Crippen LogP contribution in [0.2, 0.25) is 0 Å². The Hall–Kier alpha value is -3.03. The molecule has 144 valence electrons. The predicted octanol–water partition coefficient (Wildman–Crippen LogP) is 3.48. The maximum Gasteiger partial charge on any atom is 0.416 e. The quantitative estimate of drug-likeness (QED) is 0.423. The third-order valence-corrected chi connectivity index (χ3v) is 3.93. The highest BCUT2D eigenvalue weighted by Crippen LogP contribution is 2.29. The lowest BCUT2D eigenvalue weighted by molar-refractivity contribution is -0.137. The Balaban J connectivity index is 1.82. The van der Waals surface area contributed by atoms with Crippen LogP contribution in [0.4, 0.5) is 18.9 Å². The number of rotatable bonds is 5. The molecule has 27 heavy (non-hydrogen) atoms. The summed E-state index contributed by atoms with van der Waals surface area (Å²) in [5.41, 5.74) is 8.25. The first kappa shape index (κ1) is 20.3. The molecule has 2 rings (SSSR count). The number of nitrogens with zero attached hydrogens (tertiary/aromatic N) is 1. The largest absolute Gasteiger partial charge is 0.416 e. The lowest BCUT2D eigenvalue weighted by Gasteiger charge is -2.09. The van der Waals surface area contributed by atoms with E-state index in [1.807, 2.05) is 32.0 Å². The molecule has 0 spiro atoms. The number of carbonyl (C=O) groups is 1. The van der Waals surface area contributed by atoms with Gasteiger partial charge in [-0.05, 0) is 61.4 Å². The summed E-state index contributed by atoms with van der Waals surface area (Å²) < 4.78 is 37.5. The van der Waals surface area contributed by atoms with Crippen molar-refractivity contribution in [2.75, 3.05) is 18.4 Å². The molecule has 0 fully saturated rings. The molecule has 5 nitrogen and oxygen atoms in total. The summed E-state index contributed by atoms with van der Waals surface area (Å²) in [5, 5.41) is 5.54. The van der Waals surface area contributed by atoms with Crippen molar-refractivity contribution in [3.63, 3.8) is 0 Å². The van der Waals surface area contributed by atoms with Gasteiger partial charge in [0.15, 0.2) is 5.96 Å². The average molecular weight is 378 g/mol. The minimum Gasteiger partial charge on any atom is -0.370 e. The number of aliphatic imine (C=N–C) groups is 1. The standard InChI is InChI=1S/C19H21F3N4O/c1-12-3-8-16(11-13(12)2)26-18(23)25-10-9-24-17(27)14-4-6-15(7-5-14)19(20,21)22/h3-8,11H,9-10H2,1-2H3,(H,24,27)(H3,23,25,26). The van der Waals surface area contributed by atoms with Crippen LogP contribution in [0.15, 0.2) is 47.5 Å². The van der Waals surface area contributed by atoms with Crippen molar-refractivity contribution in [3.05, 3.63) is 64.7 Å². The maximum atomic E-state index is 12.5. The Labute approximate surface area is 155 Å². The van der Waals surface area contributed by atoms with Crippen LogP contribution in [0.25, 0.3) is 0 Å². The van der Waals surface area contributed by atoms with Crippen LogP contribution in [0.3, 0.4) is 0 Å². The van der Waals surface area contributed by atoms with Crippen LogP contribution in [0, 0.1) is 13.8 Å². The van der Waals surface area contributed by atoms with Crippen molar-refractivity contribution in [1.82, 2.24) is 5.32 Å². The smallest absolute Gasteiger partial charge is 0.370 e. The summed E-state index contributed by atoms with van der Waals surface area (Å²) in [6.45, 7) is 4.44. The van der Waals surface area contributed by atoms with Gasteiger partial charge in [0.2, 0.25) is 0 Å². The van der Waals surface area contributed by atoms with Crippen molar-refractivity contribution in [2.24, 2.45) is 10.7 Å². The number of hydrogen-bond acceptors (Lipinski definition) is 2. The van der Waals surface area contributed by atoms with Crippen LogP contribution in [0.1, 0.15) is 27.0 Å². The zero-order chi connectivity index (χ0) is 20.0. The normalized spacial score (nSPS) is 12.0. The van der Waals surface area contributed by atoms with Gasteiger partial charge in [-0.3, -0.25) is 9.79 Å². The molecule has 0 aliphatic heterocycles. The molecular formula is C19H21F3N4O. The third kappa shape index (κ3) is 6.02. The highest BCUT2D eigenvalue weighted by molar-refractivity contribution is 5.94. The molecule has 0 atom stereocenters. The van der Waals surface area contributed by atoms with Gasteiger partial charge in [0.05, 0.1) is 12.1 Å². The first-order valence-electron chi connectivity index (χ1n) is 8.26. The van der Waals surface area contributed by atoms with Gasteiger partial charge < -0.3 is 16.4 Å². The van der Waals surface area contributed by atoms with E-state index in [9.17, 15) is 18.0 Å². The number of benzene rings is 2. The fraction of sp³-hybridized carbons (Fsp3) is 0.263. The molecule has 0 saturated heterocycles. The SMILES string of the molecule is Cc1ccc(NC(N)=NCCNC(=O)c2ccc(C(F)(F)F)cc2)cc1C.